The number of aliphatic carboxylic acids is 3. The average molecular weight is 745 g/mol. The number of rotatable bonds is 22. The van der Waals surface area contributed by atoms with Crippen molar-refractivity contribution in [1.29, 1.82) is 0 Å². The number of carboxylic acid groups (broad SMARTS) is 3. The monoisotopic (exact) mass is 744 g/mol. The van der Waals surface area contributed by atoms with Crippen LogP contribution in [-0.4, -0.2) is 146 Å². The van der Waals surface area contributed by atoms with E-state index in [1.54, 1.807) is 0 Å². The first-order valence-corrected chi connectivity index (χ1v) is 15.9. The topological polar surface area (TPSA) is 370 Å². The molecule has 6 atom stereocenters. The van der Waals surface area contributed by atoms with E-state index in [1.165, 1.54) is 0 Å². The average Bonchev–Trinajstić information content (AvgIpc) is 3.54. The molecule has 1 rings (SSSR count). The van der Waals surface area contributed by atoms with E-state index in [0.717, 1.165) is 18.7 Å². The summed E-state index contributed by atoms with van der Waals surface area (Å²) in [5.74, 6) is -11.8. The number of hydrogen-bond acceptors (Lipinski definition) is 12. The van der Waals surface area contributed by atoms with Gasteiger partial charge in [-0.1, -0.05) is 0 Å². The lowest BCUT2D eigenvalue weighted by molar-refractivity contribution is -0.146. The van der Waals surface area contributed by atoms with Gasteiger partial charge in [0.15, 0.2) is 0 Å². The van der Waals surface area contributed by atoms with Gasteiger partial charge in [0.2, 0.25) is 47.3 Å². The standard InChI is InChI=1S/C29H44N8O15/c1-13(38)24(28(51)32-12-20(41)33-15(25(30)48)5-7-21(42)43)36-26(49)16(6-8-22(44)45)35-27(50)18-4-3-9-37(18)29(52)17(10-23(46)47)34-19(40)11-31-14(2)39/h13,15-18,24,38H,3-12H2,1-2H3,(H2,30,48)(H,31,39)(H,32,51)(H,33,41)(H,34,40)(H,35,50)(H,36,49)(H,42,43)(H,44,45)(H,46,47)/t13-,15+,16+,17+,18+,24+/m1/s1. The fourth-order valence-corrected chi connectivity index (χ4v) is 4.87. The van der Waals surface area contributed by atoms with Crippen LogP contribution in [0.15, 0.2) is 0 Å². The molecule has 1 fully saturated rings. The highest BCUT2D eigenvalue weighted by Crippen LogP contribution is 2.20. The van der Waals surface area contributed by atoms with E-state index >= 15 is 0 Å². The van der Waals surface area contributed by atoms with Gasteiger partial charge in [-0.15, -0.1) is 0 Å². The fraction of sp³-hybridized carbons (Fsp3) is 0.621. The van der Waals surface area contributed by atoms with Crippen LogP contribution in [0, 0.1) is 0 Å². The molecular formula is C29H44N8O15. The van der Waals surface area contributed by atoms with Crippen LogP contribution in [0.3, 0.4) is 0 Å². The zero-order valence-corrected chi connectivity index (χ0v) is 28.3. The molecule has 0 bridgehead atoms. The van der Waals surface area contributed by atoms with Crippen LogP contribution >= 0.6 is 0 Å². The Kier molecular flexibility index (Phi) is 18.1. The second-order valence-corrected chi connectivity index (χ2v) is 11.7. The second kappa shape index (κ2) is 21.4. The normalized spacial score (nSPS) is 16.4. The molecular weight excluding hydrogens is 700 g/mol. The molecule has 8 amide bonds. The number of carbonyl (C=O) groups excluding carboxylic acids is 8. The highest BCUT2D eigenvalue weighted by Gasteiger charge is 2.40. The maximum absolute atomic E-state index is 13.4. The first-order chi connectivity index (χ1) is 24.2. The van der Waals surface area contributed by atoms with Gasteiger partial charge in [0.1, 0.15) is 30.2 Å². The third kappa shape index (κ3) is 15.8. The van der Waals surface area contributed by atoms with Crippen molar-refractivity contribution in [2.75, 3.05) is 19.6 Å². The fourth-order valence-electron chi connectivity index (χ4n) is 4.87. The third-order valence-corrected chi connectivity index (χ3v) is 7.44. The summed E-state index contributed by atoms with van der Waals surface area (Å²) in [6, 6.07) is -7.75. The molecule has 0 unspecified atom stereocenters. The van der Waals surface area contributed by atoms with Gasteiger partial charge in [-0.3, -0.25) is 52.7 Å². The summed E-state index contributed by atoms with van der Waals surface area (Å²) in [5.41, 5.74) is 5.16. The van der Waals surface area contributed by atoms with Crippen molar-refractivity contribution in [3.63, 3.8) is 0 Å². The lowest BCUT2D eigenvalue weighted by Crippen LogP contribution is -2.60. The smallest absolute Gasteiger partial charge is 0.305 e. The molecule has 1 aliphatic heterocycles. The van der Waals surface area contributed by atoms with Gasteiger partial charge in [-0.25, -0.2) is 0 Å². The predicted octanol–water partition coefficient (Wildman–Crippen LogP) is -5.76. The van der Waals surface area contributed by atoms with Crippen molar-refractivity contribution in [2.24, 2.45) is 5.73 Å². The minimum Gasteiger partial charge on any atom is -0.481 e. The summed E-state index contributed by atoms with van der Waals surface area (Å²) in [6.45, 7) is 0.791. The Balaban J connectivity index is 3.07. The van der Waals surface area contributed by atoms with Crippen molar-refractivity contribution < 1.29 is 73.2 Å². The number of carbonyl (C=O) groups is 11. The molecule has 1 saturated heterocycles. The molecule has 0 aromatic carbocycles. The minimum atomic E-state index is -1.77. The van der Waals surface area contributed by atoms with Crippen molar-refractivity contribution in [1.82, 2.24) is 36.8 Å². The van der Waals surface area contributed by atoms with Gasteiger partial charge >= 0.3 is 17.9 Å². The van der Waals surface area contributed by atoms with E-state index in [2.05, 4.69) is 31.9 Å². The molecule has 0 aliphatic carbocycles. The maximum atomic E-state index is 13.4. The third-order valence-electron chi connectivity index (χ3n) is 7.44. The molecule has 290 valence electrons. The lowest BCUT2D eigenvalue weighted by atomic mass is 10.1. The van der Waals surface area contributed by atoms with E-state index < -0.39 is 140 Å². The maximum Gasteiger partial charge on any atom is 0.305 e. The Bertz CT molecular complexity index is 1400. The largest absolute Gasteiger partial charge is 0.481 e. The summed E-state index contributed by atoms with van der Waals surface area (Å²) < 4.78 is 0. The number of aliphatic hydroxyl groups is 1. The summed E-state index contributed by atoms with van der Waals surface area (Å²) >= 11 is 0. The van der Waals surface area contributed by atoms with E-state index in [9.17, 15) is 68.1 Å². The highest BCUT2D eigenvalue weighted by molar-refractivity contribution is 5.98. The van der Waals surface area contributed by atoms with Crippen molar-refractivity contribution in [3.8, 4) is 0 Å². The molecule has 0 aromatic heterocycles. The number of likely N-dealkylation sites (tertiary alicyclic amines) is 1. The van der Waals surface area contributed by atoms with Crippen LogP contribution in [0.2, 0.25) is 0 Å². The van der Waals surface area contributed by atoms with Crippen molar-refractivity contribution >= 4 is 65.2 Å². The van der Waals surface area contributed by atoms with Crippen LogP contribution in [-0.2, 0) is 52.7 Å². The Morgan fingerprint density at radius 3 is 1.77 bits per heavy atom. The van der Waals surface area contributed by atoms with Gasteiger partial charge in [0, 0.05) is 26.3 Å². The van der Waals surface area contributed by atoms with Crippen LogP contribution in [0.1, 0.15) is 58.8 Å². The van der Waals surface area contributed by atoms with Crippen LogP contribution in [0.4, 0.5) is 0 Å². The number of nitrogens with two attached hydrogens (primary N) is 1. The molecule has 52 heavy (non-hydrogen) atoms. The van der Waals surface area contributed by atoms with Gasteiger partial charge in [-0.05, 0) is 32.6 Å². The number of nitrogens with zero attached hydrogens (tertiary/aromatic N) is 1. The molecule has 0 aromatic rings. The van der Waals surface area contributed by atoms with Gasteiger partial charge in [0.05, 0.1) is 25.6 Å². The number of amides is 8. The van der Waals surface area contributed by atoms with E-state index in [4.69, 9.17) is 10.8 Å². The van der Waals surface area contributed by atoms with E-state index in [-0.39, 0.29) is 25.8 Å². The van der Waals surface area contributed by atoms with E-state index in [0.29, 0.717) is 0 Å². The number of aliphatic hydroxyl groups excluding tert-OH is 1. The Hall–Kier alpha value is -5.87. The molecule has 12 N–H and O–H groups in total. The van der Waals surface area contributed by atoms with Crippen LogP contribution < -0.4 is 37.6 Å². The quantitative estimate of drug-likeness (QED) is 0.0492. The molecule has 0 spiro atoms. The first kappa shape index (κ1) is 44.2. The van der Waals surface area contributed by atoms with Crippen LogP contribution in [0.5, 0.6) is 0 Å². The Labute approximate surface area is 295 Å². The number of nitrogens with one attached hydrogen (secondary N) is 6. The van der Waals surface area contributed by atoms with Gasteiger partial charge < -0.3 is 63.0 Å². The number of carboxylic acids is 3. The van der Waals surface area contributed by atoms with Crippen molar-refractivity contribution in [3.05, 3.63) is 0 Å². The molecule has 1 heterocycles. The SMILES string of the molecule is CC(=O)NCC(=O)N[C@@H](CC(=O)O)C(=O)N1CCC[C@H]1C(=O)N[C@@H](CCC(=O)O)C(=O)N[C@H](C(=O)NCC(=O)N[C@@H](CCC(=O)O)C(N)=O)[C@@H](C)O. The summed E-state index contributed by atoms with van der Waals surface area (Å²) in [6.07, 6.45) is -4.27. The minimum absolute atomic E-state index is 0.0260. The van der Waals surface area contributed by atoms with Crippen LogP contribution in [0.25, 0.3) is 0 Å². The molecule has 1 aliphatic rings. The van der Waals surface area contributed by atoms with Gasteiger partial charge in [-0.2, -0.15) is 0 Å². The molecule has 23 nitrogen and oxygen atoms in total. The number of hydrogen-bond donors (Lipinski definition) is 11. The predicted molar refractivity (Wildman–Crippen MR) is 171 cm³/mol. The van der Waals surface area contributed by atoms with Crippen molar-refractivity contribution in [2.45, 2.75) is 95.1 Å². The summed E-state index contributed by atoms with van der Waals surface area (Å²) in [5, 5.41) is 50.6. The molecule has 0 radical (unpaired) electrons. The Morgan fingerprint density at radius 1 is 0.731 bits per heavy atom. The lowest BCUT2D eigenvalue weighted by Gasteiger charge is -2.30. The zero-order valence-electron chi connectivity index (χ0n) is 28.3. The zero-order chi connectivity index (χ0) is 39.7. The highest BCUT2D eigenvalue weighted by atomic mass is 16.4. The molecule has 0 saturated carbocycles. The first-order valence-electron chi connectivity index (χ1n) is 15.9. The van der Waals surface area contributed by atoms with Gasteiger partial charge in [0.25, 0.3) is 0 Å². The van der Waals surface area contributed by atoms with E-state index in [1.807, 2.05) is 0 Å². The Morgan fingerprint density at radius 2 is 1.27 bits per heavy atom. The number of primary amides is 1. The second-order valence-electron chi connectivity index (χ2n) is 11.7. The summed E-state index contributed by atoms with van der Waals surface area (Å²) in [4.78, 5) is 135. The molecule has 23 heteroatoms. The summed E-state index contributed by atoms with van der Waals surface area (Å²) in [7, 11) is 0.